The smallest absolute Gasteiger partial charge is 0.246 e. The van der Waals surface area contributed by atoms with E-state index in [9.17, 15) is 9.59 Å². The van der Waals surface area contributed by atoms with Gasteiger partial charge in [-0.2, -0.15) is 0 Å². The van der Waals surface area contributed by atoms with Gasteiger partial charge in [0.25, 0.3) is 0 Å². The number of fused-ring (bicyclic) bond motifs is 5. The maximum Gasteiger partial charge on any atom is 0.246 e. The van der Waals surface area contributed by atoms with E-state index in [2.05, 4.69) is 6.07 Å². The molecular weight excluding hydrogens is 368 g/mol. The highest BCUT2D eigenvalue weighted by Gasteiger charge is 2.57. The van der Waals surface area contributed by atoms with Gasteiger partial charge in [-0.3, -0.25) is 9.59 Å². The molecule has 0 radical (unpaired) electrons. The normalized spacial score (nSPS) is 20.9. The van der Waals surface area contributed by atoms with Crippen molar-refractivity contribution in [3.8, 4) is 11.5 Å². The molecule has 0 aromatic heterocycles. The number of rotatable bonds is 4. The molecule has 0 fully saturated rings. The molecule has 1 atom stereocenters. The van der Waals surface area contributed by atoms with Crippen molar-refractivity contribution in [3.05, 3.63) is 53.1 Å². The fourth-order valence-electron chi connectivity index (χ4n) is 4.82. The highest BCUT2D eigenvalue weighted by molar-refractivity contribution is 6.13. The SMILES string of the molecule is CCN(CC)C(=O)CN1C(=O)C2(COc3cc4c(cc32)CCO4)c2ccccc21. The average molecular weight is 392 g/mol. The second kappa shape index (κ2) is 6.51. The van der Waals surface area contributed by atoms with Crippen molar-refractivity contribution in [1.82, 2.24) is 4.90 Å². The van der Waals surface area contributed by atoms with Gasteiger partial charge in [0, 0.05) is 36.8 Å². The van der Waals surface area contributed by atoms with Crippen LogP contribution in [0.15, 0.2) is 36.4 Å². The summed E-state index contributed by atoms with van der Waals surface area (Å²) in [7, 11) is 0. The molecule has 6 heteroatoms. The maximum absolute atomic E-state index is 13.8. The second-order valence-corrected chi connectivity index (χ2v) is 7.72. The van der Waals surface area contributed by atoms with Crippen molar-refractivity contribution in [2.45, 2.75) is 25.7 Å². The van der Waals surface area contributed by atoms with Gasteiger partial charge >= 0.3 is 0 Å². The number of benzene rings is 2. The average Bonchev–Trinajstić information content (AvgIpc) is 3.40. The van der Waals surface area contributed by atoms with Crippen molar-refractivity contribution < 1.29 is 19.1 Å². The summed E-state index contributed by atoms with van der Waals surface area (Å²) in [6, 6.07) is 11.7. The fourth-order valence-corrected chi connectivity index (χ4v) is 4.82. The minimum atomic E-state index is -0.896. The van der Waals surface area contributed by atoms with Crippen molar-refractivity contribution in [3.63, 3.8) is 0 Å². The van der Waals surface area contributed by atoms with Crippen LogP contribution in [0.25, 0.3) is 0 Å². The van der Waals surface area contributed by atoms with Gasteiger partial charge in [-0.05, 0) is 37.1 Å². The van der Waals surface area contributed by atoms with Gasteiger partial charge in [-0.25, -0.2) is 0 Å². The van der Waals surface area contributed by atoms with Crippen molar-refractivity contribution >= 4 is 17.5 Å². The molecule has 0 bridgehead atoms. The molecule has 0 aliphatic carbocycles. The zero-order chi connectivity index (χ0) is 20.2. The van der Waals surface area contributed by atoms with Gasteiger partial charge in [-0.1, -0.05) is 18.2 Å². The molecule has 2 aromatic carbocycles. The van der Waals surface area contributed by atoms with E-state index < -0.39 is 5.41 Å². The standard InChI is InChI=1S/C23H24N2O4/c1-3-24(4-2)21(26)13-25-18-8-6-5-7-16(18)23(22(25)27)14-29-20-12-19-15(9-10-28-19)11-17(20)23/h5-8,11-12H,3-4,9-10,13-14H2,1-2H3. The molecule has 0 N–H and O–H groups in total. The Morgan fingerprint density at radius 1 is 1.10 bits per heavy atom. The molecule has 1 unspecified atom stereocenters. The third-order valence-corrected chi connectivity index (χ3v) is 6.37. The fraction of sp³-hybridized carbons (Fsp3) is 0.391. The summed E-state index contributed by atoms with van der Waals surface area (Å²) in [5.41, 5.74) is 2.81. The predicted octanol–water partition coefficient (Wildman–Crippen LogP) is 2.51. The molecule has 150 valence electrons. The second-order valence-electron chi connectivity index (χ2n) is 7.72. The topological polar surface area (TPSA) is 59.1 Å². The number of likely N-dealkylation sites (N-methyl/N-ethyl adjacent to an activating group) is 1. The minimum absolute atomic E-state index is 0.0443. The number of anilines is 1. The molecule has 0 saturated heterocycles. The first-order valence-electron chi connectivity index (χ1n) is 10.2. The minimum Gasteiger partial charge on any atom is -0.493 e. The summed E-state index contributed by atoms with van der Waals surface area (Å²) >= 11 is 0. The molecule has 6 nitrogen and oxygen atoms in total. The highest BCUT2D eigenvalue weighted by atomic mass is 16.5. The Balaban J connectivity index is 1.60. The van der Waals surface area contributed by atoms with Crippen LogP contribution in [0, 0.1) is 0 Å². The van der Waals surface area contributed by atoms with Crippen LogP contribution in [0.4, 0.5) is 5.69 Å². The Morgan fingerprint density at radius 2 is 1.90 bits per heavy atom. The zero-order valence-corrected chi connectivity index (χ0v) is 16.7. The summed E-state index contributed by atoms with van der Waals surface area (Å²) in [6.45, 7) is 6.10. The van der Waals surface area contributed by atoms with E-state index in [1.807, 2.05) is 44.2 Å². The van der Waals surface area contributed by atoms with E-state index in [0.29, 0.717) is 25.4 Å². The van der Waals surface area contributed by atoms with Crippen LogP contribution in [0.3, 0.4) is 0 Å². The van der Waals surface area contributed by atoms with Crippen LogP contribution in [0.1, 0.15) is 30.5 Å². The van der Waals surface area contributed by atoms with Crippen molar-refractivity contribution in [2.24, 2.45) is 0 Å². The van der Waals surface area contributed by atoms with Gasteiger partial charge in [0.2, 0.25) is 11.8 Å². The van der Waals surface area contributed by atoms with Crippen LogP contribution in [0.2, 0.25) is 0 Å². The lowest BCUT2D eigenvalue weighted by Gasteiger charge is -2.25. The van der Waals surface area contributed by atoms with E-state index in [-0.39, 0.29) is 25.0 Å². The van der Waals surface area contributed by atoms with Gasteiger partial charge in [0.1, 0.15) is 30.1 Å². The third-order valence-electron chi connectivity index (χ3n) is 6.37. The summed E-state index contributed by atoms with van der Waals surface area (Å²) in [4.78, 5) is 30.0. The first-order valence-corrected chi connectivity index (χ1v) is 10.2. The molecule has 3 heterocycles. The molecule has 0 saturated carbocycles. The van der Waals surface area contributed by atoms with E-state index in [0.717, 1.165) is 34.5 Å². The van der Waals surface area contributed by atoms with Gasteiger partial charge < -0.3 is 19.3 Å². The number of nitrogens with zero attached hydrogens (tertiary/aromatic N) is 2. The predicted molar refractivity (Wildman–Crippen MR) is 109 cm³/mol. The lowest BCUT2D eigenvalue weighted by Crippen LogP contribution is -2.47. The van der Waals surface area contributed by atoms with Gasteiger partial charge in [0.15, 0.2) is 0 Å². The Morgan fingerprint density at radius 3 is 2.69 bits per heavy atom. The molecule has 5 rings (SSSR count). The highest BCUT2D eigenvalue weighted by Crippen LogP contribution is 2.53. The van der Waals surface area contributed by atoms with Crippen LogP contribution >= 0.6 is 0 Å². The van der Waals surface area contributed by atoms with Crippen LogP contribution in [0.5, 0.6) is 11.5 Å². The summed E-state index contributed by atoms with van der Waals surface area (Å²) in [5.74, 6) is 1.41. The van der Waals surface area contributed by atoms with Gasteiger partial charge in [0.05, 0.1) is 6.61 Å². The zero-order valence-electron chi connectivity index (χ0n) is 16.7. The number of carbonyl (C=O) groups excluding carboxylic acids is 2. The molecule has 29 heavy (non-hydrogen) atoms. The lowest BCUT2D eigenvalue weighted by atomic mass is 9.76. The Kier molecular flexibility index (Phi) is 4.05. The molecule has 2 aromatic rings. The Bertz CT molecular complexity index is 1010. The monoisotopic (exact) mass is 392 g/mol. The van der Waals surface area contributed by atoms with E-state index in [1.165, 1.54) is 0 Å². The summed E-state index contributed by atoms with van der Waals surface area (Å²) < 4.78 is 11.7. The number of amides is 2. The van der Waals surface area contributed by atoms with Crippen molar-refractivity contribution in [1.29, 1.82) is 0 Å². The third kappa shape index (κ3) is 2.41. The molecule has 2 amide bonds. The first-order chi connectivity index (χ1) is 14.1. The Labute approximate surface area is 170 Å². The van der Waals surface area contributed by atoms with E-state index in [4.69, 9.17) is 9.47 Å². The summed E-state index contributed by atoms with van der Waals surface area (Å²) in [5, 5.41) is 0. The molecule has 3 aliphatic heterocycles. The number of para-hydroxylation sites is 1. The Hall–Kier alpha value is -3.02. The van der Waals surface area contributed by atoms with E-state index in [1.54, 1.807) is 9.80 Å². The van der Waals surface area contributed by atoms with Crippen molar-refractivity contribution in [2.75, 3.05) is 37.7 Å². The molecule has 1 spiro atoms. The van der Waals surface area contributed by atoms with Crippen LogP contribution < -0.4 is 14.4 Å². The van der Waals surface area contributed by atoms with Crippen LogP contribution in [-0.2, 0) is 21.4 Å². The summed E-state index contributed by atoms with van der Waals surface area (Å²) in [6.07, 6.45) is 0.832. The molecule has 3 aliphatic rings. The molecular formula is C23H24N2O4. The van der Waals surface area contributed by atoms with Crippen LogP contribution in [-0.4, -0.2) is 49.6 Å². The first kappa shape index (κ1) is 18.0. The van der Waals surface area contributed by atoms with Gasteiger partial charge in [-0.15, -0.1) is 0 Å². The lowest BCUT2D eigenvalue weighted by molar-refractivity contribution is -0.131. The number of hydrogen-bond acceptors (Lipinski definition) is 4. The maximum atomic E-state index is 13.8. The number of hydrogen-bond donors (Lipinski definition) is 0. The van der Waals surface area contributed by atoms with E-state index >= 15 is 0 Å². The number of ether oxygens (including phenoxy) is 2. The quantitative estimate of drug-likeness (QED) is 0.802. The number of carbonyl (C=O) groups is 2. The largest absolute Gasteiger partial charge is 0.493 e.